The molecule has 1 aromatic rings. The molecule has 0 saturated carbocycles. The van der Waals surface area contributed by atoms with Gasteiger partial charge in [0.2, 0.25) is 0 Å². The molecule has 1 unspecified atom stereocenters. The Balaban J connectivity index is 2.55. The third kappa shape index (κ3) is 4.96. The summed E-state index contributed by atoms with van der Waals surface area (Å²) in [6.07, 6.45) is 2.48. The Morgan fingerprint density at radius 1 is 1.47 bits per heavy atom. The summed E-state index contributed by atoms with van der Waals surface area (Å²) in [7, 11) is 0. The molecule has 1 heterocycles. The van der Waals surface area contributed by atoms with E-state index < -0.39 is 0 Å². The lowest BCUT2D eigenvalue weighted by Gasteiger charge is -2.14. The van der Waals surface area contributed by atoms with Gasteiger partial charge >= 0.3 is 0 Å². The van der Waals surface area contributed by atoms with E-state index in [1.807, 2.05) is 11.3 Å². The van der Waals surface area contributed by atoms with Crippen molar-refractivity contribution in [1.29, 1.82) is 0 Å². The molecule has 0 bridgehead atoms. The molecule has 0 amide bonds. The molecule has 108 valence electrons. The summed E-state index contributed by atoms with van der Waals surface area (Å²) in [6, 6.07) is 0.345. The van der Waals surface area contributed by atoms with Gasteiger partial charge < -0.3 is 10.1 Å². The summed E-state index contributed by atoms with van der Waals surface area (Å²) in [5.41, 5.74) is 1.28. The van der Waals surface area contributed by atoms with Crippen molar-refractivity contribution in [3.63, 3.8) is 0 Å². The third-order valence-corrected chi connectivity index (χ3v) is 4.64. The normalized spacial score (nSPS) is 13.3. The minimum Gasteiger partial charge on any atom is -0.502 e. The molecule has 0 aliphatic carbocycles. The molecule has 0 aliphatic rings. The molecule has 1 atom stereocenters. The summed E-state index contributed by atoms with van der Waals surface area (Å²) in [4.78, 5) is 6.04. The van der Waals surface area contributed by atoms with E-state index in [2.05, 4.69) is 46.5 Å². The predicted molar refractivity (Wildman–Crippen MR) is 82.7 cm³/mol. The second-order valence-electron chi connectivity index (χ2n) is 5.79. The topological polar surface area (TPSA) is 34.1 Å². The molecule has 1 aromatic heterocycles. The first-order chi connectivity index (χ1) is 8.86. The van der Waals surface area contributed by atoms with Crippen LogP contribution in [0, 0.1) is 6.92 Å². The van der Waals surface area contributed by atoms with Gasteiger partial charge in [-0.25, -0.2) is 4.98 Å². The highest BCUT2D eigenvalue weighted by Gasteiger charge is 2.22. The fourth-order valence-electron chi connectivity index (χ4n) is 1.78. The molecular formula is C15H26N2OS. The zero-order valence-corrected chi connectivity index (χ0v) is 13.6. The summed E-state index contributed by atoms with van der Waals surface area (Å²) in [5.74, 6) is 0. The highest BCUT2D eigenvalue weighted by atomic mass is 32.1. The van der Waals surface area contributed by atoms with Gasteiger partial charge in [0.1, 0.15) is 0 Å². The van der Waals surface area contributed by atoms with Crippen LogP contribution < -0.4 is 5.32 Å². The largest absolute Gasteiger partial charge is 0.502 e. The quantitative estimate of drug-likeness (QED) is 0.607. The Bertz CT molecular complexity index is 407. The number of aromatic nitrogens is 1. The van der Waals surface area contributed by atoms with Gasteiger partial charge in [-0.15, -0.1) is 11.3 Å². The first-order valence-electron chi connectivity index (χ1n) is 6.80. The highest BCUT2D eigenvalue weighted by Crippen LogP contribution is 2.32. The van der Waals surface area contributed by atoms with Gasteiger partial charge in [-0.05, 0) is 26.8 Å². The van der Waals surface area contributed by atoms with Crippen LogP contribution in [0.15, 0.2) is 12.8 Å². The molecular weight excluding hydrogens is 256 g/mol. The van der Waals surface area contributed by atoms with Crippen LogP contribution in [0.3, 0.4) is 0 Å². The van der Waals surface area contributed by atoms with Gasteiger partial charge in [0.05, 0.1) is 23.6 Å². The Kier molecular flexibility index (Phi) is 6.01. The van der Waals surface area contributed by atoms with Crippen LogP contribution in [-0.2, 0) is 10.2 Å². The van der Waals surface area contributed by atoms with Gasteiger partial charge in [0, 0.05) is 16.3 Å². The minimum absolute atomic E-state index is 0.130. The molecule has 4 heteroatoms. The van der Waals surface area contributed by atoms with E-state index in [9.17, 15) is 0 Å². The van der Waals surface area contributed by atoms with E-state index in [0.717, 1.165) is 25.3 Å². The number of nitrogens with zero attached hydrogens (tertiary/aromatic N) is 1. The van der Waals surface area contributed by atoms with Gasteiger partial charge in [0.15, 0.2) is 0 Å². The molecule has 0 radical (unpaired) electrons. The monoisotopic (exact) mass is 282 g/mol. The summed E-state index contributed by atoms with van der Waals surface area (Å²) in [5, 5.41) is 4.73. The lowest BCUT2D eigenvalue weighted by molar-refractivity contribution is 0.243. The summed E-state index contributed by atoms with van der Waals surface area (Å²) >= 11 is 1.82. The number of nitrogens with one attached hydrogen (secondary N) is 1. The van der Waals surface area contributed by atoms with Crippen LogP contribution in [0.5, 0.6) is 0 Å². The average molecular weight is 282 g/mol. The van der Waals surface area contributed by atoms with Crippen molar-refractivity contribution in [2.75, 3.05) is 13.2 Å². The van der Waals surface area contributed by atoms with E-state index >= 15 is 0 Å². The highest BCUT2D eigenvalue weighted by molar-refractivity contribution is 7.12. The number of aryl methyl sites for hydroxylation is 1. The van der Waals surface area contributed by atoms with E-state index in [0.29, 0.717) is 6.04 Å². The number of hydrogen-bond acceptors (Lipinski definition) is 4. The van der Waals surface area contributed by atoms with Gasteiger partial charge in [-0.2, -0.15) is 0 Å². The van der Waals surface area contributed by atoms with Crippen molar-refractivity contribution in [3.8, 4) is 0 Å². The number of thiazole rings is 1. The van der Waals surface area contributed by atoms with Crippen molar-refractivity contribution < 1.29 is 4.74 Å². The summed E-state index contributed by atoms with van der Waals surface area (Å²) < 4.78 is 5.11. The predicted octanol–water partition coefficient (Wildman–Crippen LogP) is 3.95. The van der Waals surface area contributed by atoms with Crippen LogP contribution in [0.25, 0.3) is 0 Å². The lowest BCUT2D eigenvalue weighted by atomic mass is 9.98. The van der Waals surface area contributed by atoms with E-state index in [1.165, 1.54) is 16.1 Å². The maximum absolute atomic E-state index is 5.11. The molecule has 3 nitrogen and oxygen atoms in total. The third-order valence-electron chi connectivity index (χ3n) is 2.87. The Morgan fingerprint density at radius 2 is 2.16 bits per heavy atom. The van der Waals surface area contributed by atoms with Crippen molar-refractivity contribution in [2.24, 2.45) is 0 Å². The molecule has 0 aliphatic heterocycles. The first-order valence-corrected chi connectivity index (χ1v) is 7.61. The minimum atomic E-state index is 0.130. The van der Waals surface area contributed by atoms with Crippen LogP contribution >= 0.6 is 11.3 Å². The van der Waals surface area contributed by atoms with Gasteiger partial charge in [0.25, 0.3) is 0 Å². The van der Waals surface area contributed by atoms with Crippen molar-refractivity contribution in [2.45, 2.75) is 52.5 Å². The zero-order chi connectivity index (χ0) is 14.5. The smallest absolute Gasteiger partial charge is 0.0985 e. The number of rotatable bonds is 7. The van der Waals surface area contributed by atoms with Crippen molar-refractivity contribution in [3.05, 3.63) is 28.4 Å². The Hall–Kier alpha value is -0.870. The number of ether oxygens (including phenoxy) is 1. The Labute approximate surface area is 121 Å². The Morgan fingerprint density at radius 3 is 2.68 bits per heavy atom. The van der Waals surface area contributed by atoms with E-state index in [4.69, 9.17) is 9.72 Å². The van der Waals surface area contributed by atoms with Crippen LogP contribution in [0.4, 0.5) is 0 Å². The van der Waals surface area contributed by atoms with Gasteiger partial charge in [-0.1, -0.05) is 27.4 Å². The molecule has 19 heavy (non-hydrogen) atoms. The van der Waals surface area contributed by atoms with Crippen LogP contribution in [-0.4, -0.2) is 18.1 Å². The van der Waals surface area contributed by atoms with Crippen molar-refractivity contribution >= 4 is 11.3 Å². The maximum atomic E-state index is 5.11. The lowest BCUT2D eigenvalue weighted by Crippen LogP contribution is -2.20. The second-order valence-corrected chi connectivity index (χ2v) is 6.82. The number of hydrogen-bond donors (Lipinski definition) is 1. The van der Waals surface area contributed by atoms with Crippen LogP contribution in [0.1, 0.15) is 55.7 Å². The molecule has 0 aromatic carbocycles. The zero-order valence-electron chi connectivity index (χ0n) is 12.7. The molecule has 0 spiro atoms. The van der Waals surface area contributed by atoms with Crippen molar-refractivity contribution in [1.82, 2.24) is 10.3 Å². The molecule has 0 fully saturated rings. The standard InChI is InChI=1S/C15H26N2OS/c1-7-18-10-8-9-16-11(2)13-12(3)17-14(19-13)15(4,5)6/h7,11,16H,1,8-10H2,2-6H3. The maximum Gasteiger partial charge on any atom is 0.0985 e. The summed E-state index contributed by atoms with van der Waals surface area (Å²) in [6.45, 7) is 16.1. The van der Waals surface area contributed by atoms with E-state index in [-0.39, 0.29) is 5.41 Å². The van der Waals surface area contributed by atoms with Crippen LogP contribution in [0.2, 0.25) is 0 Å². The fourth-order valence-corrected chi connectivity index (χ4v) is 2.93. The van der Waals surface area contributed by atoms with Gasteiger partial charge in [-0.3, -0.25) is 0 Å². The SMILES string of the molecule is C=COCCCNC(C)c1sc(C(C)(C)C)nc1C. The fraction of sp³-hybridized carbons (Fsp3) is 0.667. The molecule has 1 N–H and O–H groups in total. The second kappa shape index (κ2) is 7.06. The first kappa shape index (κ1) is 16.2. The molecule has 1 rings (SSSR count). The van der Waals surface area contributed by atoms with E-state index in [1.54, 1.807) is 0 Å². The molecule has 0 saturated heterocycles. The average Bonchev–Trinajstić information content (AvgIpc) is 2.70.